The van der Waals surface area contributed by atoms with E-state index in [-0.39, 0.29) is 35.8 Å². The highest BCUT2D eigenvalue weighted by atomic mass is 28.4. The standard InChI is InChI=1S/C44H55NO15Si/c1-23-28(58-40(53)34(50)33(26-15-11-9-12-16-26)45-31(49)21-61(7,8)55)20-44(54)38(59-39(52)27-17-13-10-14-18-27)36-42(6,29(48)19-30-43(36,22-56-30)60-25(3)47)37(51)35(57-24(2)46)32(23)41(44,4)5/h9-18,28-30,33-36,38,48,50,54-55H,19-22H2,1-8H3,(H,45,49)/t28-,29-,30+,33-,34+,35+,36-,38-,42+,43-,44+/m0/s1. The van der Waals surface area contributed by atoms with Crippen LogP contribution in [0.15, 0.2) is 71.8 Å². The van der Waals surface area contributed by atoms with Gasteiger partial charge in [-0.15, -0.1) is 0 Å². The number of nitrogens with one attached hydrogen (secondary N) is 1. The molecule has 2 saturated carbocycles. The van der Waals surface area contributed by atoms with Crippen LogP contribution in [0.3, 0.4) is 0 Å². The van der Waals surface area contributed by atoms with Crippen molar-refractivity contribution in [2.45, 2.75) is 127 Å². The van der Waals surface area contributed by atoms with Crippen molar-refractivity contribution in [3.05, 3.63) is 82.9 Å². The first-order chi connectivity index (χ1) is 28.4. The van der Waals surface area contributed by atoms with Crippen LogP contribution >= 0.6 is 0 Å². The number of rotatable bonds is 11. The lowest BCUT2D eigenvalue weighted by molar-refractivity contribution is -0.346. The fourth-order valence-corrected chi connectivity index (χ4v) is 10.9. The molecule has 0 spiro atoms. The molecule has 330 valence electrons. The zero-order valence-corrected chi connectivity index (χ0v) is 36.5. The molecule has 17 heteroatoms. The molecule has 0 radical (unpaired) electrons. The van der Waals surface area contributed by atoms with Gasteiger partial charge in [-0.05, 0) is 55.8 Å². The summed E-state index contributed by atoms with van der Waals surface area (Å²) in [5.74, 6) is -6.94. The number of amides is 1. The predicted octanol–water partition coefficient (Wildman–Crippen LogP) is 2.62. The Kier molecular flexibility index (Phi) is 12.4. The van der Waals surface area contributed by atoms with Crippen molar-refractivity contribution >= 4 is 43.9 Å². The lowest BCUT2D eigenvalue weighted by atomic mass is 9.44. The van der Waals surface area contributed by atoms with Gasteiger partial charge >= 0.3 is 23.9 Å². The Morgan fingerprint density at radius 1 is 0.934 bits per heavy atom. The van der Waals surface area contributed by atoms with E-state index in [0.29, 0.717) is 5.56 Å². The number of fused-ring (bicyclic) bond motifs is 5. The first-order valence-corrected chi connectivity index (χ1v) is 23.4. The van der Waals surface area contributed by atoms with E-state index in [2.05, 4.69) is 5.32 Å². The summed E-state index contributed by atoms with van der Waals surface area (Å²) in [6.07, 6.45) is -10.6. The second-order valence-corrected chi connectivity index (χ2v) is 22.0. The number of carbonyl (C=O) groups is 6. The molecule has 2 aromatic carbocycles. The summed E-state index contributed by atoms with van der Waals surface area (Å²) in [5, 5.41) is 40.0. The number of esters is 4. The fraction of sp³-hybridized carbons (Fsp3) is 0.545. The minimum absolute atomic E-state index is 0.0158. The third-order valence-electron chi connectivity index (χ3n) is 13.1. The molecule has 1 saturated heterocycles. The minimum Gasteiger partial charge on any atom is -0.456 e. The Labute approximate surface area is 354 Å². The molecule has 2 bridgehead atoms. The van der Waals surface area contributed by atoms with Gasteiger partial charge in [0.1, 0.15) is 23.9 Å². The molecule has 1 amide bonds. The van der Waals surface area contributed by atoms with Crippen LogP contribution in [-0.4, -0.2) is 118 Å². The summed E-state index contributed by atoms with van der Waals surface area (Å²) < 4.78 is 30.2. The van der Waals surface area contributed by atoms with Crippen molar-refractivity contribution < 1.29 is 72.6 Å². The zero-order valence-electron chi connectivity index (χ0n) is 35.5. The molecule has 1 aliphatic heterocycles. The highest BCUT2D eigenvalue weighted by Gasteiger charge is 2.78. The third kappa shape index (κ3) is 8.07. The van der Waals surface area contributed by atoms with Gasteiger partial charge in [-0.3, -0.25) is 19.2 Å². The molecular weight excluding hydrogens is 811 g/mol. The Morgan fingerprint density at radius 2 is 1.54 bits per heavy atom. The van der Waals surface area contributed by atoms with Crippen LogP contribution in [0.2, 0.25) is 19.1 Å². The van der Waals surface area contributed by atoms with Crippen LogP contribution in [0.5, 0.6) is 0 Å². The Bertz CT molecular complexity index is 2100. The van der Waals surface area contributed by atoms with E-state index in [1.54, 1.807) is 75.5 Å². The molecule has 5 N–H and O–H groups in total. The van der Waals surface area contributed by atoms with Crippen LogP contribution < -0.4 is 5.32 Å². The first-order valence-electron chi connectivity index (χ1n) is 20.2. The second-order valence-electron chi connectivity index (χ2n) is 18.1. The smallest absolute Gasteiger partial charge is 0.338 e. The first kappa shape index (κ1) is 45.7. The van der Waals surface area contributed by atoms with Crippen molar-refractivity contribution in [3.63, 3.8) is 0 Å². The van der Waals surface area contributed by atoms with E-state index < -0.39 is 121 Å². The minimum atomic E-state index is -2.94. The molecule has 0 unspecified atom stereocenters. The van der Waals surface area contributed by atoms with Crippen LogP contribution in [0, 0.1) is 16.7 Å². The number of aliphatic hydroxyl groups is 3. The van der Waals surface area contributed by atoms with Gasteiger partial charge < -0.3 is 49.1 Å². The summed E-state index contributed by atoms with van der Waals surface area (Å²) >= 11 is 0. The monoisotopic (exact) mass is 865 g/mol. The maximum atomic E-state index is 15.5. The lowest BCUT2D eigenvalue weighted by Gasteiger charge is -2.67. The lowest BCUT2D eigenvalue weighted by Crippen LogP contribution is -2.82. The van der Waals surface area contributed by atoms with Gasteiger partial charge in [0.15, 0.2) is 31.9 Å². The molecule has 1 heterocycles. The number of carbonyl (C=O) groups excluding carboxylic acids is 6. The SMILES string of the molecule is CC(=O)O[C@H]1C(=O)[C@@]2(C)[C@H]([C@H](OC(=O)c3ccccc3)[C@]3(O)C[C@H](OC(=O)[C@H](O)[C@@H](NC(=O)C[Si](C)(C)O)c4ccccc4)C(C)=C1C3(C)C)[C@]1(OC(C)=O)CO[C@@H]1C[C@@H]2O. The highest BCUT2D eigenvalue weighted by molar-refractivity contribution is 6.72. The quantitative estimate of drug-likeness (QED) is 0.0944. The Hall–Kier alpha value is -4.78. The average molecular weight is 866 g/mol. The molecule has 6 rings (SSSR count). The highest BCUT2D eigenvalue weighted by Crippen LogP contribution is 2.64. The fourth-order valence-electron chi connectivity index (χ4n) is 9.99. The number of aliphatic hydroxyl groups excluding tert-OH is 2. The van der Waals surface area contributed by atoms with Crippen molar-refractivity contribution in [2.24, 2.45) is 16.7 Å². The Morgan fingerprint density at radius 3 is 2.08 bits per heavy atom. The zero-order chi connectivity index (χ0) is 45.0. The predicted molar refractivity (Wildman–Crippen MR) is 216 cm³/mol. The van der Waals surface area contributed by atoms with Gasteiger partial charge in [-0.25, -0.2) is 9.59 Å². The van der Waals surface area contributed by atoms with E-state index in [0.717, 1.165) is 13.8 Å². The second kappa shape index (κ2) is 16.5. The summed E-state index contributed by atoms with van der Waals surface area (Å²) in [7, 11) is -2.94. The summed E-state index contributed by atoms with van der Waals surface area (Å²) in [4.78, 5) is 93.4. The largest absolute Gasteiger partial charge is 0.456 e. The van der Waals surface area contributed by atoms with Crippen LogP contribution in [0.4, 0.5) is 0 Å². The van der Waals surface area contributed by atoms with Crippen LogP contribution in [0.25, 0.3) is 0 Å². The Balaban J connectivity index is 1.54. The molecule has 4 aliphatic rings. The molecule has 11 atom stereocenters. The van der Waals surface area contributed by atoms with Crippen molar-refractivity contribution in [1.82, 2.24) is 5.32 Å². The van der Waals surface area contributed by atoms with Crippen molar-refractivity contribution in [2.75, 3.05) is 6.61 Å². The van der Waals surface area contributed by atoms with Gasteiger partial charge in [0.25, 0.3) is 0 Å². The number of benzene rings is 2. The van der Waals surface area contributed by atoms with E-state index >= 15 is 4.79 Å². The molecule has 0 aromatic heterocycles. The molecule has 16 nitrogen and oxygen atoms in total. The molecule has 3 aliphatic carbocycles. The molecule has 3 fully saturated rings. The summed E-state index contributed by atoms with van der Waals surface area (Å²) in [6, 6.07) is 14.3. The summed E-state index contributed by atoms with van der Waals surface area (Å²) in [5.41, 5.74) is -7.38. The normalized spacial score (nSPS) is 32.6. The van der Waals surface area contributed by atoms with Crippen LogP contribution in [0.1, 0.15) is 76.3 Å². The number of ketones is 1. The number of ether oxygens (including phenoxy) is 5. The number of hydrogen-bond acceptors (Lipinski definition) is 15. The molecular formula is C44H55NO15Si. The maximum absolute atomic E-state index is 15.5. The summed E-state index contributed by atoms with van der Waals surface area (Å²) in [6.45, 7) is 11.0. The van der Waals surface area contributed by atoms with Crippen molar-refractivity contribution in [3.8, 4) is 0 Å². The number of Topliss-reactive ketones (excluding diaryl/α,β-unsaturated/α-hetero) is 1. The van der Waals surface area contributed by atoms with Gasteiger partial charge in [-0.1, -0.05) is 62.4 Å². The topological polar surface area (TPSA) is 242 Å². The van der Waals surface area contributed by atoms with Crippen LogP contribution in [-0.2, 0) is 47.7 Å². The van der Waals surface area contributed by atoms with E-state index in [1.165, 1.54) is 26.0 Å². The number of hydrogen-bond donors (Lipinski definition) is 5. The van der Waals surface area contributed by atoms with E-state index in [1.807, 2.05) is 0 Å². The average Bonchev–Trinajstić information content (AvgIpc) is 3.17. The van der Waals surface area contributed by atoms with Gasteiger partial charge in [-0.2, -0.15) is 0 Å². The van der Waals surface area contributed by atoms with E-state index in [9.17, 15) is 44.1 Å². The van der Waals surface area contributed by atoms with Gasteiger partial charge in [0, 0.05) is 38.1 Å². The van der Waals surface area contributed by atoms with Gasteiger partial charge in [0.2, 0.25) is 5.91 Å². The molecule has 2 aromatic rings. The third-order valence-corrected chi connectivity index (χ3v) is 14.3. The molecule has 61 heavy (non-hydrogen) atoms. The van der Waals surface area contributed by atoms with Crippen molar-refractivity contribution in [1.29, 1.82) is 0 Å². The maximum Gasteiger partial charge on any atom is 0.338 e. The van der Waals surface area contributed by atoms with E-state index in [4.69, 9.17) is 23.7 Å². The van der Waals surface area contributed by atoms with Gasteiger partial charge in [0.05, 0.1) is 35.6 Å².